The van der Waals surface area contributed by atoms with E-state index in [1.807, 2.05) is 0 Å². The predicted octanol–water partition coefficient (Wildman–Crippen LogP) is 2.26. The quantitative estimate of drug-likeness (QED) is 0.637. The SMILES string of the molecule is Cc1cccc(C(=O)Nc2cc3cn(CCS(C)(=O)=O)nc3cc2C(C)(C)O)n1. The molecule has 0 bridgehead atoms. The number of nitrogens with zero attached hydrogens (tertiary/aromatic N) is 3. The molecule has 0 atom stereocenters. The van der Waals surface area contributed by atoms with Crippen LogP contribution in [0, 0.1) is 6.92 Å². The van der Waals surface area contributed by atoms with Crippen LogP contribution in [0.25, 0.3) is 10.9 Å². The van der Waals surface area contributed by atoms with Crippen molar-refractivity contribution >= 4 is 32.3 Å². The van der Waals surface area contributed by atoms with Crippen LogP contribution < -0.4 is 5.32 Å². The van der Waals surface area contributed by atoms with E-state index in [0.29, 0.717) is 16.8 Å². The van der Waals surface area contributed by atoms with E-state index in [1.54, 1.807) is 62.0 Å². The molecule has 1 amide bonds. The van der Waals surface area contributed by atoms with Crippen LogP contribution >= 0.6 is 0 Å². The highest BCUT2D eigenvalue weighted by atomic mass is 32.2. The number of pyridine rings is 1. The monoisotopic (exact) mass is 416 g/mol. The van der Waals surface area contributed by atoms with Gasteiger partial charge in [-0.2, -0.15) is 5.10 Å². The Morgan fingerprint density at radius 1 is 1.28 bits per heavy atom. The molecule has 0 unspecified atom stereocenters. The van der Waals surface area contributed by atoms with E-state index in [2.05, 4.69) is 15.4 Å². The molecule has 0 saturated heterocycles. The molecule has 0 saturated carbocycles. The maximum absolute atomic E-state index is 12.7. The Balaban J connectivity index is 1.99. The molecule has 0 aliphatic carbocycles. The molecular weight excluding hydrogens is 392 g/mol. The normalized spacial score (nSPS) is 12.3. The molecule has 2 N–H and O–H groups in total. The molecule has 2 heterocycles. The number of aromatic nitrogens is 3. The largest absolute Gasteiger partial charge is 0.386 e. The van der Waals surface area contributed by atoms with Gasteiger partial charge >= 0.3 is 0 Å². The van der Waals surface area contributed by atoms with Crippen molar-refractivity contribution in [3.05, 3.63) is 53.5 Å². The molecule has 8 nitrogen and oxygen atoms in total. The summed E-state index contributed by atoms with van der Waals surface area (Å²) >= 11 is 0. The number of aliphatic hydroxyl groups is 1. The highest BCUT2D eigenvalue weighted by molar-refractivity contribution is 7.90. The van der Waals surface area contributed by atoms with Gasteiger partial charge in [0.2, 0.25) is 0 Å². The number of nitrogens with one attached hydrogen (secondary N) is 1. The summed E-state index contributed by atoms with van der Waals surface area (Å²) in [6.45, 7) is 5.26. The standard InChI is InChI=1S/C20H24N4O4S/c1-13-6-5-7-16(21-13)19(25)22-18-10-14-12-24(8-9-29(4,27)28)23-17(14)11-15(18)20(2,3)26/h5-7,10-12,26H,8-9H2,1-4H3,(H,22,25). The topological polar surface area (TPSA) is 114 Å². The summed E-state index contributed by atoms with van der Waals surface area (Å²) in [5.41, 5.74) is 1.31. The first kappa shape index (κ1) is 20.9. The van der Waals surface area contributed by atoms with Crippen molar-refractivity contribution < 1.29 is 18.3 Å². The Kier molecular flexibility index (Phi) is 5.46. The maximum Gasteiger partial charge on any atom is 0.274 e. The highest BCUT2D eigenvalue weighted by Gasteiger charge is 2.23. The van der Waals surface area contributed by atoms with E-state index >= 15 is 0 Å². The van der Waals surface area contributed by atoms with Gasteiger partial charge in [-0.3, -0.25) is 9.48 Å². The van der Waals surface area contributed by atoms with Gasteiger partial charge in [0, 0.05) is 34.8 Å². The third-order valence-corrected chi connectivity index (χ3v) is 5.33. The number of hydrogen-bond acceptors (Lipinski definition) is 6. The lowest BCUT2D eigenvalue weighted by Gasteiger charge is -2.22. The van der Waals surface area contributed by atoms with Crippen molar-refractivity contribution in [2.75, 3.05) is 17.3 Å². The van der Waals surface area contributed by atoms with Crippen molar-refractivity contribution in [2.24, 2.45) is 0 Å². The Labute approximate surface area is 169 Å². The van der Waals surface area contributed by atoms with Crippen LogP contribution in [0.2, 0.25) is 0 Å². The zero-order valence-electron chi connectivity index (χ0n) is 16.8. The van der Waals surface area contributed by atoms with Gasteiger partial charge in [0.1, 0.15) is 15.5 Å². The molecule has 2 aromatic heterocycles. The number of hydrogen-bond donors (Lipinski definition) is 2. The summed E-state index contributed by atoms with van der Waals surface area (Å²) in [4.78, 5) is 16.9. The van der Waals surface area contributed by atoms with Gasteiger partial charge < -0.3 is 10.4 Å². The smallest absolute Gasteiger partial charge is 0.274 e. The minimum atomic E-state index is -3.11. The number of aryl methyl sites for hydroxylation is 2. The summed E-state index contributed by atoms with van der Waals surface area (Å²) < 4.78 is 24.4. The molecule has 0 aliphatic heterocycles. The van der Waals surface area contributed by atoms with Crippen molar-refractivity contribution in [3.63, 3.8) is 0 Å². The molecule has 0 aliphatic rings. The number of sulfone groups is 1. The van der Waals surface area contributed by atoms with Gasteiger partial charge in [-0.05, 0) is 45.0 Å². The lowest BCUT2D eigenvalue weighted by atomic mass is 9.95. The van der Waals surface area contributed by atoms with Crippen LogP contribution in [0.15, 0.2) is 36.5 Å². The predicted molar refractivity (Wildman–Crippen MR) is 112 cm³/mol. The van der Waals surface area contributed by atoms with E-state index in [1.165, 1.54) is 6.26 Å². The van der Waals surface area contributed by atoms with E-state index in [-0.39, 0.29) is 23.9 Å². The Morgan fingerprint density at radius 3 is 2.62 bits per heavy atom. The molecule has 3 aromatic rings. The zero-order chi connectivity index (χ0) is 21.4. The fraction of sp³-hybridized carbons (Fsp3) is 0.350. The molecule has 0 fully saturated rings. The van der Waals surface area contributed by atoms with Gasteiger partial charge in [-0.15, -0.1) is 0 Å². The summed E-state index contributed by atoms with van der Waals surface area (Å²) in [5.74, 6) is -0.412. The van der Waals surface area contributed by atoms with Crippen LogP contribution in [-0.4, -0.2) is 46.2 Å². The van der Waals surface area contributed by atoms with Gasteiger partial charge in [-0.1, -0.05) is 6.07 Å². The number of rotatable bonds is 6. The van der Waals surface area contributed by atoms with Gasteiger partial charge in [0.25, 0.3) is 5.91 Å². The Hall–Kier alpha value is -2.78. The summed E-state index contributed by atoms with van der Waals surface area (Å²) in [5, 5.41) is 18.5. The van der Waals surface area contributed by atoms with Crippen LogP contribution in [0.4, 0.5) is 5.69 Å². The number of benzene rings is 1. The maximum atomic E-state index is 12.7. The van der Waals surface area contributed by atoms with Crippen LogP contribution in [0.5, 0.6) is 0 Å². The average Bonchev–Trinajstić information content (AvgIpc) is 3.00. The highest BCUT2D eigenvalue weighted by Crippen LogP contribution is 2.32. The lowest BCUT2D eigenvalue weighted by molar-refractivity contribution is 0.0793. The Morgan fingerprint density at radius 2 is 2.00 bits per heavy atom. The first-order valence-corrected chi connectivity index (χ1v) is 11.2. The number of carbonyl (C=O) groups excluding carboxylic acids is 1. The van der Waals surface area contributed by atoms with Crippen LogP contribution in [0.3, 0.4) is 0 Å². The van der Waals surface area contributed by atoms with Crippen molar-refractivity contribution in [3.8, 4) is 0 Å². The first-order chi connectivity index (χ1) is 13.4. The molecule has 9 heteroatoms. The summed E-state index contributed by atoms with van der Waals surface area (Å²) in [6.07, 6.45) is 2.89. The minimum absolute atomic E-state index is 0.0258. The Bertz CT molecular complexity index is 1180. The van der Waals surface area contributed by atoms with Crippen LogP contribution in [-0.2, 0) is 22.0 Å². The molecular formula is C20H24N4O4S. The van der Waals surface area contributed by atoms with Crippen molar-refractivity contribution in [2.45, 2.75) is 32.9 Å². The van der Waals surface area contributed by atoms with Gasteiger partial charge in [0.15, 0.2) is 0 Å². The van der Waals surface area contributed by atoms with Crippen LogP contribution in [0.1, 0.15) is 35.6 Å². The van der Waals surface area contributed by atoms with Gasteiger partial charge in [0.05, 0.1) is 23.4 Å². The second kappa shape index (κ2) is 7.57. The van der Waals surface area contributed by atoms with E-state index in [0.717, 1.165) is 11.1 Å². The van der Waals surface area contributed by atoms with Crippen molar-refractivity contribution in [1.29, 1.82) is 0 Å². The third kappa shape index (κ3) is 5.18. The van der Waals surface area contributed by atoms with E-state index in [4.69, 9.17) is 0 Å². The molecule has 154 valence electrons. The second-order valence-corrected chi connectivity index (χ2v) is 9.92. The van der Waals surface area contributed by atoms with E-state index in [9.17, 15) is 18.3 Å². The molecule has 0 radical (unpaired) electrons. The minimum Gasteiger partial charge on any atom is -0.386 e. The number of carbonyl (C=O) groups is 1. The lowest BCUT2D eigenvalue weighted by Crippen LogP contribution is -2.21. The van der Waals surface area contributed by atoms with Crippen molar-refractivity contribution in [1.82, 2.24) is 14.8 Å². The fourth-order valence-electron chi connectivity index (χ4n) is 2.96. The molecule has 1 aromatic carbocycles. The summed E-state index contributed by atoms with van der Waals surface area (Å²) in [6, 6.07) is 8.60. The molecule has 29 heavy (non-hydrogen) atoms. The number of anilines is 1. The summed E-state index contributed by atoms with van der Waals surface area (Å²) in [7, 11) is -3.11. The molecule has 3 rings (SSSR count). The zero-order valence-corrected chi connectivity index (χ0v) is 17.6. The van der Waals surface area contributed by atoms with E-state index < -0.39 is 15.4 Å². The first-order valence-electron chi connectivity index (χ1n) is 9.09. The average molecular weight is 417 g/mol. The third-order valence-electron chi connectivity index (χ3n) is 4.41. The van der Waals surface area contributed by atoms with Gasteiger partial charge in [-0.25, -0.2) is 13.4 Å². The fourth-order valence-corrected chi connectivity index (χ4v) is 3.48. The number of amides is 1. The second-order valence-electron chi connectivity index (χ2n) is 7.66. The molecule has 0 spiro atoms. The number of fused-ring (bicyclic) bond motifs is 1.